The Morgan fingerprint density at radius 1 is 1.02 bits per heavy atom. The maximum absolute atomic E-state index is 16.8. The highest BCUT2D eigenvalue weighted by Crippen LogP contribution is 2.41. The van der Waals surface area contributed by atoms with Crippen LogP contribution in [0.25, 0.3) is 32.9 Å². The first kappa shape index (κ1) is 31.0. The van der Waals surface area contributed by atoms with Crippen LogP contribution in [-0.2, 0) is 9.59 Å². The average molecular weight is 672 g/mol. The van der Waals surface area contributed by atoms with Crippen molar-refractivity contribution in [2.24, 2.45) is 5.18 Å². The Balaban J connectivity index is 1.18. The third-order valence-corrected chi connectivity index (χ3v) is 11.1. The van der Waals surface area contributed by atoms with E-state index in [2.05, 4.69) is 24.9 Å². The van der Waals surface area contributed by atoms with Gasteiger partial charge >= 0.3 is 6.01 Å². The molecule has 4 aromatic rings. The van der Waals surface area contributed by atoms with E-state index in [9.17, 15) is 14.5 Å². The van der Waals surface area contributed by atoms with Gasteiger partial charge in [-0.1, -0.05) is 41.9 Å². The molecule has 0 unspecified atom stereocenters. The molecule has 2 amide bonds. The van der Waals surface area contributed by atoms with Crippen LogP contribution in [0.2, 0.25) is 5.02 Å². The lowest BCUT2D eigenvalue weighted by Gasteiger charge is -2.42. The lowest BCUT2D eigenvalue weighted by molar-refractivity contribution is -0.136. The van der Waals surface area contributed by atoms with E-state index in [0.29, 0.717) is 46.9 Å². The summed E-state index contributed by atoms with van der Waals surface area (Å²) in [6, 6.07) is 11.0. The van der Waals surface area contributed by atoms with E-state index in [1.807, 2.05) is 35.2 Å². The van der Waals surface area contributed by atoms with Crippen molar-refractivity contribution in [2.45, 2.75) is 69.0 Å². The molecule has 2 bridgehead atoms. The fraction of sp³-hybridized carbons (Fsp3) is 0.457. The summed E-state index contributed by atoms with van der Waals surface area (Å²) in [6.07, 6.45) is 7.28. The number of nitrogens with zero attached hydrogens (tertiary/aromatic N) is 7. The number of carbonyl (C=O) groups excluding carboxylic acids is 2. The maximum atomic E-state index is 16.8. The van der Waals surface area contributed by atoms with Gasteiger partial charge in [-0.2, -0.15) is 9.97 Å². The van der Waals surface area contributed by atoms with E-state index in [-0.39, 0.29) is 53.6 Å². The van der Waals surface area contributed by atoms with E-state index in [0.717, 1.165) is 57.0 Å². The molecule has 0 aliphatic carbocycles. The summed E-state index contributed by atoms with van der Waals surface area (Å²) in [6.45, 7) is 3.46. The summed E-state index contributed by atoms with van der Waals surface area (Å²) < 4.78 is 23.2. The molecule has 0 spiro atoms. The minimum Gasteiger partial charge on any atom is -0.461 e. The van der Waals surface area contributed by atoms with Gasteiger partial charge < -0.3 is 14.5 Å². The molecule has 2 aromatic heterocycles. The molecule has 0 N–H and O–H groups in total. The molecule has 2 aromatic carbocycles. The van der Waals surface area contributed by atoms with Gasteiger partial charge in [0.25, 0.3) is 5.91 Å². The number of carbonyl (C=O) groups is 2. The lowest BCUT2D eigenvalue weighted by atomic mass is 9.95. The van der Waals surface area contributed by atoms with Crippen molar-refractivity contribution >= 4 is 50.9 Å². The van der Waals surface area contributed by atoms with Crippen LogP contribution in [0.5, 0.6) is 6.01 Å². The molecule has 6 heterocycles. The van der Waals surface area contributed by atoms with Crippen molar-refractivity contribution in [3.63, 3.8) is 0 Å². The van der Waals surface area contributed by atoms with Crippen LogP contribution in [-0.4, -0.2) is 87.0 Å². The van der Waals surface area contributed by atoms with Gasteiger partial charge in [-0.05, 0) is 63.1 Å². The lowest BCUT2D eigenvalue weighted by Crippen LogP contribution is -2.56. The molecular formula is C35H35ClFN7O4. The monoisotopic (exact) mass is 671 g/mol. The molecule has 0 radical (unpaired) electrons. The number of piperazine rings is 1. The number of benzene rings is 2. The van der Waals surface area contributed by atoms with Gasteiger partial charge in [-0.3, -0.25) is 19.5 Å². The first-order valence-electron chi connectivity index (χ1n) is 16.7. The van der Waals surface area contributed by atoms with Gasteiger partial charge in [0.1, 0.15) is 23.6 Å². The molecule has 4 fully saturated rings. The van der Waals surface area contributed by atoms with Crippen molar-refractivity contribution in [3.8, 4) is 17.3 Å². The highest BCUT2D eigenvalue weighted by Gasteiger charge is 2.46. The zero-order chi connectivity index (χ0) is 33.0. The number of hydrogen-bond acceptors (Lipinski definition) is 9. The second kappa shape index (κ2) is 12.3. The summed E-state index contributed by atoms with van der Waals surface area (Å²) in [4.78, 5) is 55.7. The normalized spacial score (nSPS) is 21.6. The third-order valence-electron chi connectivity index (χ3n) is 10.8. The van der Waals surface area contributed by atoms with Gasteiger partial charge in [-0.25, -0.2) is 4.39 Å². The van der Waals surface area contributed by atoms with Crippen LogP contribution in [0.3, 0.4) is 0 Å². The van der Waals surface area contributed by atoms with E-state index in [4.69, 9.17) is 21.3 Å². The number of rotatable bonds is 8. The highest BCUT2D eigenvalue weighted by atomic mass is 35.5. The number of amides is 2. The van der Waals surface area contributed by atoms with Gasteiger partial charge in [0.05, 0.1) is 10.9 Å². The molecule has 248 valence electrons. The first-order chi connectivity index (χ1) is 23.3. The molecular weight excluding hydrogens is 637 g/mol. The van der Waals surface area contributed by atoms with E-state index in [1.165, 1.54) is 0 Å². The fourth-order valence-electron chi connectivity index (χ4n) is 8.54. The Labute approximate surface area is 281 Å². The number of aromatic nitrogens is 3. The van der Waals surface area contributed by atoms with Crippen LogP contribution in [0, 0.1) is 10.7 Å². The summed E-state index contributed by atoms with van der Waals surface area (Å²) in [5, 5.41) is 4.96. The number of halogens is 2. The Bertz CT molecular complexity index is 1930. The Kier molecular flexibility index (Phi) is 7.95. The van der Waals surface area contributed by atoms with Gasteiger partial charge in [0.15, 0.2) is 5.82 Å². The summed E-state index contributed by atoms with van der Waals surface area (Å²) >= 11 is 6.62. The third kappa shape index (κ3) is 5.25. The highest BCUT2D eigenvalue weighted by molar-refractivity contribution is 6.36. The zero-order valence-electron chi connectivity index (χ0n) is 26.4. The molecule has 0 saturated carbocycles. The molecule has 8 rings (SSSR count). The van der Waals surface area contributed by atoms with E-state index < -0.39 is 11.7 Å². The largest absolute Gasteiger partial charge is 0.461 e. The second-order valence-electron chi connectivity index (χ2n) is 13.4. The van der Waals surface area contributed by atoms with Crippen LogP contribution in [0.4, 0.5) is 10.2 Å². The van der Waals surface area contributed by atoms with Crippen molar-refractivity contribution in [2.75, 3.05) is 37.7 Å². The van der Waals surface area contributed by atoms with E-state index >= 15 is 4.39 Å². The fourth-order valence-corrected chi connectivity index (χ4v) is 8.82. The van der Waals surface area contributed by atoms with Crippen LogP contribution < -0.4 is 9.64 Å². The molecule has 11 nitrogen and oxygen atoms in total. The standard InChI is InChI=1S/C35H35ClFN7O4/c36-26-8-2-6-21-5-1-7-24(29(21)26)31-30(37)32-25(17-38-31)33(40-34(39-32)48-20-35-13-3-15-43(35)16-4-14-35)42-18-22-9-10-23(19-42)44(22)28(46)12-11-27(45)41-47/h1-2,5-8,17,22-23H,3-4,9-16,18-20H2/t22-,23+. The summed E-state index contributed by atoms with van der Waals surface area (Å²) in [5.74, 6) is -1.06. The number of ether oxygens (including phenoxy) is 1. The number of hydrogen-bond donors (Lipinski definition) is 0. The number of anilines is 1. The van der Waals surface area contributed by atoms with Crippen LogP contribution in [0.1, 0.15) is 51.4 Å². The topological polar surface area (TPSA) is 121 Å². The molecule has 48 heavy (non-hydrogen) atoms. The van der Waals surface area contributed by atoms with Gasteiger partial charge in [0, 0.05) is 65.4 Å². The van der Waals surface area contributed by atoms with Crippen molar-refractivity contribution in [1.82, 2.24) is 24.8 Å². The predicted molar refractivity (Wildman–Crippen MR) is 179 cm³/mol. The maximum Gasteiger partial charge on any atom is 0.319 e. The molecule has 2 atom stereocenters. The molecule has 4 aliphatic heterocycles. The van der Waals surface area contributed by atoms with Crippen molar-refractivity contribution < 1.29 is 18.7 Å². The average Bonchev–Trinajstić information content (AvgIpc) is 3.76. The second-order valence-corrected chi connectivity index (χ2v) is 13.8. The summed E-state index contributed by atoms with van der Waals surface area (Å²) in [7, 11) is 0. The van der Waals surface area contributed by atoms with Crippen LogP contribution in [0.15, 0.2) is 47.8 Å². The minimum absolute atomic E-state index is 0.0496. The quantitative estimate of drug-likeness (QED) is 0.211. The molecule has 13 heteroatoms. The Hall–Kier alpha value is -4.29. The molecule has 4 aliphatic rings. The predicted octanol–water partition coefficient (Wildman–Crippen LogP) is 5.90. The Morgan fingerprint density at radius 3 is 2.48 bits per heavy atom. The molecule has 4 saturated heterocycles. The summed E-state index contributed by atoms with van der Waals surface area (Å²) in [5.41, 5.74) is 0.774. The van der Waals surface area contributed by atoms with Gasteiger partial charge in [0.2, 0.25) is 5.91 Å². The number of nitroso groups, excluding NO2 is 1. The minimum atomic E-state index is -0.827. The first-order valence-corrected chi connectivity index (χ1v) is 17.1. The SMILES string of the molecule is O=NC(=O)CCC(=O)N1[C@@H]2CC[C@H]1CN(c1nc(OCC34CCCN3CCC4)nc3c(F)c(-c4cccc5cccc(Cl)c45)ncc13)C2. The van der Waals surface area contributed by atoms with Crippen LogP contribution >= 0.6 is 11.6 Å². The van der Waals surface area contributed by atoms with Gasteiger partial charge in [-0.15, -0.1) is 4.91 Å². The zero-order valence-corrected chi connectivity index (χ0v) is 27.2. The van der Waals surface area contributed by atoms with Crippen molar-refractivity contribution in [3.05, 3.63) is 58.3 Å². The van der Waals surface area contributed by atoms with Crippen molar-refractivity contribution in [1.29, 1.82) is 0 Å². The number of fused-ring (bicyclic) bond motifs is 5. The number of pyridine rings is 1. The smallest absolute Gasteiger partial charge is 0.319 e. The van der Waals surface area contributed by atoms with E-state index in [1.54, 1.807) is 12.3 Å². The Morgan fingerprint density at radius 2 is 1.75 bits per heavy atom.